The molecule has 1 saturated heterocycles. The van der Waals surface area contributed by atoms with Gasteiger partial charge >= 0.3 is 0 Å². The Morgan fingerprint density at radius 3 is 2.24 bits per heavy atom. The number of aryl methyl sites for hydroxylation is 3. The number of sulfonamides is 1. The third-order valence-electron chi connectivity index (χ3n) is 5.89. The summed E-state index contributed by atoms with van der Waals surface area (Å²) in [6.07, 6.45) is 0.750. The summed E-state index contributed by atoms with van der Waals surface area (Å²) in [6.45, 7) is 8.00. The molecule has 0 saturated carbocycles. The number of amides is 1. The summed E-state index contributed by atoms with van der Waals surface area (Å²) in [5.74, 6) is 1.58. The van der Waals surface area contributed by atoms with Crippen LogP contribution in [0.1, 0.15) is 23.1 Å². The fraction of sp³-hybridized carbons (Fsp3) is 0.458. The average Bonchev–Trinajstić information content (AvgIpc) is 3.03. The highest BCUT2D eigenvalue weighted by molar-refractivity contribution is 7.89. The molecule has 2 aliphatic rings. The highest BCUT2D eigenvalue weighted by Crippen LogP contribution is 2.33. The quantitative estimate of drug-likeness (QED) is 0.663. The van der Waals surface area contributed by atoms with Crippen LogP contribution in [0, 0.1) is 20.8 Å². The topological polar surface area (TPSA) is 85.4 Å². The zero-order chi connectivity index (χ0) is 23.6. The van der Waals surface area contributed by atoms with Crippen LogP contribution in [-0.4, -0.2) is 69.5 Å². The highest BCUT2D eigenvalue weighted by Gasteiger charge is 2.31. The van der Waals surface area contributed by atoms with Crippen molar-refractivity contribution in [2.45, 2.75) is 32.1 Å². The molecule has 9 heteroatoms. The van der Waals surface area contributed by atoms with Crippen LogP contribution in [0.3, 0.4) is 0 Å². The van der Waals surface area contributed by atoms with Crippen LogP contribution in [0.2, 0.25) is 0 Å². The van der Waals surface area contributed by atoms with Crippen molar-refractivity contribution in [3.05, 3.63) is 47.0 Å². The van der Waals surface area contributed by atoms with Gasteiger partial charge in [0.15, 0.2) is 18.1 Å². The lowest BCUT2D eigenvalue weighted by Gasteiger charge is -2.34. The van der Waals surface area contributed by atoms with Gasteiger partial charge in [-0.15, -0.1) is 0 Å². The lowest BCUT2D eigenvalue weighted by Crippen LogP contribution is -2.51. The summed E-state index contributed by atoms with van der Waals surface area (Å²) in [5.41, 5.74) is 3.13. The molecule has 2 aromatic rings. The normalized spacial score (nSPS) is 16.9. The van der Waals surface area contributed by atoms with Gasteiger partial charge in [0, 0.05) is 38.7 Å². The predicted molar refractivity (Wildman–Crippen MR) is 124 cm³/mol. The van der Waals surface area contributed by atoms with Gasteiger partial charge in [-0.05, 0) is 44.0 Å². The van der Waals surface area contributed by atoms with E-state index in [0.29, 0.717) is 37.8 Å². The summed E-state index contributed by atoms with van der Waals surface area (Å²) in [7, 11) is -3.70. The number of rotatable bonds is 5. The molecule has 8 nitrogen and oxygen atoms in total. The largest absolute Gasteiger partial charge is 0.490 e. The molecule has 1 amide bonds. The van der Waals surface area contributed by atoms with Crippen LogP contribution in [0.4, 0.5) is 0 Å². The fourth-order valence-corrected chi connectivity index (χ4v) is 5.69. The van der Waals surface area contributed by atoms with Crippen LogP contribution in [0.25, 0.3) is 0 Å². The first kappa shape index (κ1) is 23.4. The van der Waals surface area contributed by atoms with E-state index in [4.69, 9.17) is 14.2 Å². The van der Waals surface area contributed by atoms with Gasteiger partial charge in [0.2, 0.25) is 10.0 Å². The molecule has 178 valence electrons. The Kier molecular flexibility index (Phi) is 6.81. The van der Waals surface area contributed by atoms with E-state index in [1.807, 2.05) is 32.9 Å². The maximum Gasteiger partial charge on any atom is 0.260 e. The molecule has 2 heterocycles. The van der Waals surface area contributed by atoms with Crippen molar-refractivity contribution in [1.82, 2.24) is 9.21 Å². The second-order valence-electron chi connectivity index (χ2n) is 8.46. The standard InChI is InChI=1S/C24H30N2O6S/c1-17-13-18(2)24(19(3)14-17)32-16-23(27)25-7-9-26(10-8-25)33(28,29)20-5-6-21-22(15-20)31-12-4-11-30-21/h5-6,13-15H,4,7-12,16H2,1-3H3. The molecule has 0 atom stereocenters. The van der Waals surface area contributed by atoms with E-state index in [0.717, 1.165) is 28.9 Å². The maximum absolute atomic E-state index is 13.2. The van der Waals surface area contributed by atoms with E-state index in [1.54, 1.807) is 17.0 Å². The van der Waals surface area contributed by atoms with Crippen molar-refractivity contribution in [1.29, 1.82) is 0 Å². The summed E-state index contributed by atoms with van der Waals surface area (Å²) < 4.78 is 44.7. The Balaban J connectivity index is 1.36. The van der Waals surface area contributed by atoms with Gasteiger partial charge in [-0.3, -0.25) is 4.79 Å². The molecule has 0 N–H and O–H groups in total. The second kappa shape index (κ2) is 9.61. The number of hydrogen-bond donors (Lipinski definition) is 0. The number of fused-ring (bicyclic) bond motifs is 1. The number of piperazine rings is 1. The number of carbonyl (C=O) groups is 1. The van der Waals surface area contributed by atoms with Gasteiger partial charge in [0.25, 0.3) is 5.91 Å². The number of nitrogens with zero attached hydrogens (tertiary/aromatic N) is 2. The van der Waals surface area contributed by atoms with E-state index in [1.165, 1.54) is 10.4 Å². The van der Waals surface area contributed by atoms with Crippen LogP contribution < -0.4 is 14.2 Å². The van der Waals surface area contributed by atoms with E-state index >= 15 is 0 Å². The Morgan fingerprint density at radius 1 is 0.939 bits per heavy atom. The fourth-order valence-electron chi connectivity index (χ4n) is 4.25. The Morgan fingerprint density at radius 2 is 1.58 bits per heavy atom. The first-order valence-electron chi connectivity index (χ1n) is 11.1. The zero-order valence-electron chi connectivity index (χ0n) is 19.3. The third kappa shape index (κ3) is 5.09. The monoisotopic (exact) mass is 474 g/mol. The van der Waals surface area contributed by atoms with Crippen molar-refractivity contribution in [3.8, 4) is 17.2 Å². The molecule has 0 radical (unpaired) electrons. The van der Waals surface area contributed by atoms with Crippen LogP contribution in [0.15, 0.2) is 35.2 Å². The molecule has 0 bridgehead atoms. The van der Waals surface area contributed by atoms with Gasteiger partial charge in [-0.2, -0.15) is 4.31 Å². The van der Waals surface area contributed by atoms with E-state index in [9.17, 15) is 13.2 Å². The lowest BCUT2D eigenvalue weighted by molar-refractivity contribution is -0.134. The molecular formula is C24H30N2O6S. The lowest BCUT2D eigenvalue weighted by atomic mass is 10.1. The first-order valence-corrected chi connectivity index (χ1v) is 12.6. The van der Waals surface area contributed by atoms with Gasteiger partial charge in [-0.25, -0.2) is 8.42 Å². The molecule has 0 aliphatic carbocycles. The van der Waals surface area contributed by atoms with Crippen molar-refractivity contribution in [3.63, 3.8) is 0 Å². The summed E-state index contributed by atoms with van der Waals surface area (Å²) >= 11 is 0. The van der Waals surface area contributed by atoms with Crippen molar-refractivity contribution >= 4 is 15.9 Å². The molecule has 0 spiro atoms. The Bertz CT molecular complexity index is 1120. The van der Waals surface area contributed by atoms with Gasteiger partial charge < -0.3 is 19.1 Å². The van der Waals surface area contributed by atoms with Crippen LogP contribution >= 0.6 is 0 Å². The van der Waals surface area contributed by atoms with E-state index in [-0.39, 0.29) is 30.5 Å². The number of benzene rings is 2. The zero-order valence-corrected chi connectivity index (χ0v) is 20.1. The summed E-state index contributed by atoms with van der Waals surface area (Å²) in [5, 5.41) is 0. The van der Waals surface area contributed by atoms with Gasteiger partial charge in [0.05, 0.1) is 18.1 Å². The van der Waals surface area contributed by atoms with Crippen molar-refractivity contribution < 1.29 is 27.4 Å². The smallest absolute Gasteiger partial charge is 0.260 e. The summed E-state index contributed by atoms with van der Waals surface area (Å²) in [6, 6.07) is 8.75. The maximum atomic E-state index is 13.2. The Hall–Kier alpha value is -2.78. The molecule has 4 rings (SSSR count). The molecule has 2 aliphatic heterocycles. The molecule has 2 aromatic carbocycles. The number of carbonyl (C=O) groups excluding carboxylic acids is 1. The molecule has 1 fully saturated rings. The number of ether oxygens (including phenoxy) is 3. The highest BCUT2D eigenvalue weighted by atomic mass is 32.2. The van der Waals surface area contributed by atoms with E-state index < -0.39 is 10.0 Å². The first-order chi connectivity index (χ1) is 15.8. The minimum atomic E-state index is -3.70. The number of hydrogen-bond acceptors (Lipinski definition) is 6. The van der Waals surface area contributed by atoms with E-state index in [2.05, 4.69) is 0 Å². The SMILES string of the molecule is Cc1cc(C)c(OCC(=O)N2CCN(S(=O)(=O)c3ccc4c(c3)OCCCO4)CC2)c(C)c1. The van der Waals surface area contributed by atoms with Crippen molar-refractivity contribution in [2.75, 3.05) is 46.0 Å². The molecule has 0 aromatic heterocycles. The minimum absolute atomic E-state index is 0.0698. The second-order valence-corrected chi connectivity index (χ2v) is 10.4. The third-order valence-corrected chi connectivity index (χ3v) is 7.79. The minimum Gasteiger partial charge on any atom is -0.490 e. The average molecular weight is 475 g/mol. The molecule has 33 heavy (non-hydrogen) atoms. The van der Waals surface area contributed by atoms with Gasteiger partial charge in [-0.1, -0.05) is 17.7 Å². The van der Waals surface area contributed by atoms with Crippen LogP contribution in [-0.2, 0) is 14.8 Å². The summed E-state index contributed by atoms with van der Waals surface area (Å²) in [4.78, 5) is 14.5. The van der Waals surface area contributed by atoms with Gasteiger partial charge in [0.1, 0.15) is 5.75 Å². The Labute approximate surface area is 195 Å². The molecule has 0 unspecified atom stereocenters. The van der Waals surface area contributed by atoms with Crippen molar-refractivity contribution in [2.24, 2.45) is 0 Å². The molecular weight excluding hydrogens is 444 g/mol. The predicted octanol–water partition coefficient (Wildman–Crippen LogP) is 2.69. The van der Waals surface area contributed by atoms with Crippen LogP contribution in [0.5, 0.6) is 17.2 Å².